The van der Waals surface area contributed by atoms with Crippen molar-refractivity contribution in [3.8, 4) is 17.0 Å². The highest BCUT2D eigenvalue weighted by Crippen LogP contribution is 2.39. The van der Waals surface area contributed by atoms with Crippen molar-refractivity contribution in [3.63, 3.8) is 0 Å². The van der Waals surface area contributed by atoms with Crippen molar-refractivity contribution >= 4 is 27.6 Å². The third-order valence-electron chi connectivity index (χ3n) is 7.02. The summed E-state index contributed by atoms with van der Waals surface area (Å²) in [4.78, 5) is 24.2. The van der Waals surface area contributed by atoms with Gasteiger partial charge < -0.3 is 15.4 Å². The molecule has 1 saturated heterocycles. The van der Waals surface area contributed by atoms with Gasteiger partial charge in [-0.25, -0.2) is 14.7 Å². The molecule has 1 aromatic carbocycles. The maximum absolute atomic E-state index is 13.4. The molecule has 0 radical (unpaired) electrons. The standard InChI is InChI=1S/C28H35N5O4S/c1-18(2)17-37-21-9-6-8-20(16-21)23-13-12-22(26(30-23)33-15-14-19(3)28(33,4)5)27(34)32-38(35,36)25-11-7-10-24(29)31-25/h6-13,16,18-19H,14-15,17H2,1-5H3,(H2,29,31)(H,32,34). The number of rotatable bonds is 8. The summed E-state index contributed by atoms with van der Waals surface area (Å²) in [5.41, 5.74) is 7.01. The van der Waals surface area contributed by atoms with Gasteiger partial charge in [0, 0.05) is 17.6 Å². The van der Waals surface area contributed by atoms with Gasteiger partial charge in [0.15, 0.2) is 5.03 Å². The Kier molecular flexibility index (Phi) is 7.64. The second-order valence-corrected chi connectivity index (χ2v) is 12.3. The van der Waals surface area contributed by atoms with Gasteiger partial charge in [-0.15, -0.1) is 0 Å². The first-order valence-corrected chi connectivity index (χ1v) is 14.2. The molecule has 4 rings (SSSR count). The fourth-order valence-corrected chi connectivity index (χ4v) is 5.36. The highest BCUT2D eigenvalue weighted by molar-refractivity contribution is 7.90. The lowest BCUT2D eigenvalue weighted by Crippen LogP contribution is -2.43. The molecule has 3 N–H and O–H groups in total. The molecular weight excluding hydrogens is 502 g/mol. The van der Waals surface area contributed by atoms with Gasteiger partial charge in [-0.05, 0) is 68.5 Å². The Labute approximate surface area is 224 Å². The van der Waals surface area contributed by atoms with Gasteiger partial charge in [0.05, 0.1) is 17.9 Å². The van der Waals surface area contributed by atoms with E-state index in [4.69, 9.17) is 15.5 Å². The fourth-order valence-electron chi connectivity index (χ4n) is 4.42. The lowest BCUT2D eigenvalue weighted by atomic mass is 9.90. The fraction of sp³-hybridized carbons (Fsp3) is 0.393. The first-order chi connectivity index (χ1) is 17.9. The minimum absolute atomic E-state index is 0.0411. The van der Waals surface area contributed by atoms with Gasteiger partial charge in [0.2, 0.25) is 0 Å². The second kappa shape index (κ2) is 10.6. The van der Waals surface area contributed by atoms with Crippen molar-refractivity contribution in [2.75, 3.05) is 23.8 Å². The number of aromatic nitrogens is 2. The van der Waals surface area contributed by atoms with E-state index < -0.39 is 15.9 Å². The van der Waals surface area contributed by atoms with E-state index in [2.05, 4.69) is 49.2 Å². The molecule has 1 atom stereocenters. The van der Waals surface area contributed by atoms with E-state index in [-0.39, 0.29) is 21.9 Å². The number of pyridine rings is 2. The maximum atomic E-state index is 13.4. The Bertz CT molecular complexity index is 1440. The van der Waals surface area contributed by atoms with Crippen molar-refractivity contribution < 1.29 is 17.9 Å². The van der Waals surface area contributed by atoms with Crippen LogP contribution < -0.4 is 20.1 Å². The van der Waals surface area contributed by atoms with Gasteiger partial charge in [-0.1, -0.05) is 39.0 Å². The largest absolute Gasteiger partial charge is 0.493 e. The van der Waals surface area contributed by atoms with Crippen LogP contribution in [0.4, 0.5) is 11.6 Å². The van der Waals surface area contributed by atoms with Crippen molar-refractivity contribution in [1.82, 2.24) is 14.7 Å². The summed E-state index contributed by atoms with van der Waals surface area (Å²) in [5.74, 6) is 1.15. The van der Waals surface area contributed by atoms with Crippen LogP contribution in [-0.4, -0.2) is 43.0 Å². The predicted octanol–water partition coefficient (Wildman–Crippen LogP) is 4.50. The molecule has 0 aliphatic carbocycles. The first-order valence-electron chi connectivity index (χ1n) is 12.7. The lowest BCUT2D eigenvalue weighted by molar-refractivity contribution is 0.0981. The summed E-state index contributed by atoms with van der Waals surface area (Å²) in [5, 5.41) is -0.328. The van der Waals surface area contributed by atoms with Crippen molar-refractivity contribution in [3.05, 3.63) is 60.2 Å². The third-order valence-corrected chi connectivity index (χ3v) is 8.26. The van der Waals surface area contributed by atoms with Crippen molar-refractivity contribution in [2.45, 2.75) is 51.6 Å². The van der Waals surface area contributed by atoms with Crippen LogP contribution in [0.15, 0.2) is 59.6 Å². The van der Waals surface area contributed by atoms with E-state index in [1.165, 1.54) is 18.2 Å². The molecule has 0 spiro atoms. The summed E-state index contributed by atoms with van der Waals surface area (Å²) in [7, 11) is -4.24. The Morgan fingerprint density at radius 2 is 1.89 bits per heavy atom. The average Bonchev–Trinajstić information content (AvgIpc) is 3.14. The Hall–Kier alpha value is -3.66. The molecule has 1 aliphatic heterocycles. The SMILES string of the molecule is CC(C)COc1cccc(-c2ccc(C(=O)NS(=O)(=O)c3cccc(N)n3)c(N3CCC(C)C3(C)C)n2)c1. The normalized spacial score (nSPS) is 17.0. The van der Waals surface area contributed by atoms with Crippen LogP contribution in [0, 0.1) is 11.8 Å². The number of hydrogen-bond donors (Lipinski definition) is 2. The minimum atomic E-state index is -4.24. The molecule has 1 unspecified atom stereocenters. The topological polar surface area (TPSA) is 128 Å². The predicted molar refractivity (Wildman–Crippen MR) is 149 cm³/mol. The number of hydrogen-bond acceptors (Lipinski definition) is 8. The van der Waals surface area contributed by atoms with Crippen LogP contribution in [0.5, 0.6) is 5.75 Å². The number of nitrogens with zero attached hydrogens (tertiary/aromatic N) is 3. The van der Waals surface area contributed by atoms with Crippen LogP contribution in [0.1, 0.15) is 51.4 Å². The highest BCUT2D eigenvalue weighted by atomic mass is 32.2. The first kappa shape index (κ1) is 27.4. The Morgan fingerprint density at radius 1 is 1.16 bits per heavy atom. The molecule has 1 amide bonds. The zero-order chi connectivity index (χ0) is 27.7. The van der Waals surface area contributed by atoms with Crippen LogP contribution in [0.3, 0.4) is 0 Å². The Balaban J connectivity index is 1.74. The lowest BCUT2D eigenvalue weighted by Gasteiger charge is -2.36. The molecule has 1 fully saturated rings. The van der Waals surface area contributed by atoms with Crippen LogP contribution in [0.2, 0.25) is 0 Å². The van der Waals surface area contributed by atoms with E-state index in [1.807, 2.05) is 24.3 Å². The molecular formula is C28H35N5O4S. The summed E-state index contributed by atoms with van der Waals surface area (Å²) >= 11 is 0. The molecule has 1 aliphatic rings. The van der Waals surface area contributed by atoms with E-state index in [1.54, 1.807) is 12.1 Å². The number of nitrogens with two attached hydrogens (primary N) is 1. The van der Waals surface area contributed by atoms with Gasteiger partial charge in [0.1, 0.15) is 17.4 Å². The monoisotopic (exact) mass is 537 g/mol. The molecule has 38 heavy (non-hydrogen) atoms. The number of ether oxygens (including phenoxy) is 1. The second-order valence-electron chi connectivity index (χ2n) is 10.6. The van der Waals surface area contributed by atoms with E-state index >= 15 is 0 Å². The number of amides is 1. The summed E-state index contributed by atoms with van der Waals surface area (Å²) < 4.78 is 33.9. The minimum Gasteiger partial charge on any atom is -0.493 e. The molecule has 3 heterocycles. The smallest absolute Gasteiger partial charge is 0.281 e. The zero-order valence-corrected chi connectivity index (χ0v) is 23.2. The Morgan fingerprint density at radius 3 is 2.55 bits per heavy atom. The van der Waals surface area contributed by atoms with Gasteiger partial charge in [0.25, 0.3) is 15.9 Å². The molecule has 0 bridgehead atoms. The number of sulfonamides is 1. The molecule has 3 aromatic rings. The van der Waals surface area contributed by atoms with Crippen LogP contribution in [-0.2, 0) is 10.0 Å². The van der Waals surface area contributed by atoms with E-state index in [0.717, 1.165) is 17.7 Å². The number of benzene rings is 1. The average molecular weight is 538 g/mol. The molecule has 0 saturated carbocycles. The molecule has 2 aromatic heterocycles. The van der Waals surface area contributed by atoms with Gasteiger partial charge in [-0.3, -0.25) is 4.79 Å². The summed E-state index contributed by atoms with van der Waals surface area (Å²) in [6.07, 6.45) is 0.921. The van der Waals surface area contributed by atoms with E-state index in [0.29, 0.717) is 36.5 Å². The molecule has 9 nitrogen and oxygen atoms in total. The quantitative estimate of drug-likeness (QED) is 0.430. The number of nitrogen functional groups attached to an aromatic ring is 1. The summed E-state index contributed by atoms with van der Waals surface area (Å²) in [6, 6.07) is 15.2. The highest BCUT2D eigenvalue weighted by Gasteiger charge is 2.41. The zero-order valence-electron chi connectivity index (χ0n) is 22.4. The van der Waals surface area contributed by atoms with Gasteiger partial charge >= 0.3 is 0 Å². The van der Waals surface area contributed by atoms with Crippen LogP contribution in [0.25, 0.3) is 11.3 Å². The number of anilines is 2. The number of nitrogens with one attached hydrogen (secondary N) is 1. The number of carbonyl (C=O) groups is 1. The third kappa shape index (κ3) is 5.75. The van der Waals surface area contributed by atoms with E-state index in [9.17, 15) is 13.2 Å². The molecule has 10 heteroatoms. The maximum Gasteiger partial charge on any atom is 0.281 e. The molecule has 202 valence electrons. The summed E-state index contributed by atoms with van der Waals surface area (Å²) in [6.45, 7) is 11.8. The van der Waals surface area contributed by atoms with Crippen molar-refractivity contribution in [1.29, 1.82) is 0 Å². The van der Waals surface area contributed by atoms with Crippen molar-refractivity contribution in [2.24, 2.45) is 11.8 Å². The van der Waals surface area contributed by atoms with Gasteiger partial charge in [-0.2, -0.15) is 8.42 Å². The van der Waals surface area contributed by atoms with Crippen LogP contribution >= 0.6 is 0 Å². The number of carbonyl (C=O) groups excluding carboxylic acids is 1.